The van der Waals surface area contributed by atoms with Gasteiger partial charge >= 0.3 is 0 Å². The maximum Gasteiger partial charge on any atom is 0.142 e. The van der Waals surface area contributed by atoms with Crippen LogP contribution in [0.25, 0.3) is 20.7 Å². The third-order valence-corrected chi connectivity index (χ3v) is 8.17. The number of piperazine rings is 1. The number of thiophene rings is 1. The molecule has 0 bridgehead atoms. The zero-order valence-electron chi connectivity index (χ0n) is 18.9. The van der Waals surface area contributed by atoms with Crippen LogP contribution >= 0.6 is 22.9 Å². The van der Waals surface area contributed by atoms with Gasteiger partial charge in [-0.2, -0.15) is 5.10 Å². The van der Waals surface area contributed by atoms with Gasteiger partial charge in [0.25, 0.3) is 0 Å². The average molecular weight is 498 g/mol. The van der Waals surface area contributed by atoms with Crippen LogP contribution in [-0.4, -0.2) is 69.3 Å². The first-order chi connectivity index (χ1) is 16.5. The topological polar surface area (TPSA) is 62.1 Å². The van der Waals surface area contributed by atoms with Crippen LogP contribution in [0.2, 0.25) is 5.02 Å². The van der Waals surface area contributed by atoms with Crippen molar-refractivity contribution in [2.24, 2.45) is 0 Å². The van der Waals surface area contributed by atoms with Gasteiger partial charge in [-0.3, -0.25) is 9.58 Å². The first-order valence-corrected chi connectivity index (χ1v) is 12.7. The standard InChI is InChI=1S/C24H25ClFN7S/c1-31-6-8-32(9-7-31)10-11-33-13-17-20(30-33)5-3-16-21-23(27-14-28-24(21)34-22(16)17)29-15-2-4-19(26)18(25)12-15/h2,4,12-14H,3,5-11H2,1H3,(H,27,28,29). The van der Waals surface area contributed by atoms with E-state index in [1.807, 2.05) is 0 Å². The van der Waals surface area contributed by atoms with E-state index in [1.165, 1.54) is 22.1 Å². The number of nitrogens with zero attached hydrogens (tertiary/aromatic N) is 6. The van der Waals surface area contributed by atoms with Gasteiger partial charge in [-0.1, -0.05) is 11.6 Å². The Balaban J connectivity index is 1.28. The number of nitrogens with one attached hydrogen (secondary N) is 1. The van der Waals surface area contributed by atoms with Crippen LogP contribution in [0.3, 0.4) is 0 Å². The largest absolute Gasteiger partial charge is 0.340 e. The molecule has 34 heavy (non-hydrogen) atoms. The highest BCUT2D eigenvalue weighted by atomic mass is 35.5. The minimum Gasteiger partial charge on any atom is -0.340 e. The van der Waals surface area contributed by atoms with E-state index >= 15 is 0 Å². The van der Waals surface area contributed by atoms with Crippen molar-refractivity contribution in [3.05, 3.63) is 52.8 Å². The predicted molar refractivity (Wildman–Crippen MR) is 135 cm³/mol. The lowest BCUT2D eigenvalue weighted by molar-refractivity contribution is 0.148. The number of rotatable bonds is 5. The van der Waals surface area contributed by atoms with Crippen LogP contribution in [0.5, 0.6) is 0 Å². The summed E-state index contributed by atoms with van der Waals surface area (Å²) in [5, 5.41) is 9.33. The summed E-state index contributed by atoms with van der Waals surface area (Å²) in [7, 11) is 2.18. The number of benzene rings is 1. The first-order valence-electron chi connectivity index (χ1n) is 11.5. The Morgan fingerprint density at radius 1 is 1.12 bits per heavy atom. The maximum atomic E-state index is 13.6. The molecule has 2 aliphatic rings. The molecule has 7 nitrogen and oxygen atoms in total. The SMILES string of the molecule is CN1CCN(CCn2cc3c(n2)CCc2c-3sc3ncnc(Nc4ccc(F)c(Cl)c4)c23)CC1. The zero-order valence-corrected chi connectivity index (χ0v) is 20.5. The summed E-state index contributed by atoms with van der Waals surface area (Å²) in [6.45, 7) is 6.41. The molecule has 176 valence electrons. The van der Waals surface area contributed by atoms with Crippen LogP contribution in [0, 0.1) is 5.82 Å². The predicted octanol–water partition coefficient (Wildman–Crippen LogP) is 4.44. The molecular weight excluding hydrogens is 473 g/mol. The second-order valence-electron chi connectivity index (χ2n) is 8.96. The molecule has 1 aliphatic carbocycles. The Morgan fingerprint density at radius 2 is 1.97 bits per heavy atom. The van der Waals surface area contributed by atoms with Crippen LogP contribution in [-0.2, 0) is 19.4 Å². The maximum absolute atomic E-state index is 13.6. The van der Waals surface area contributed by atoms with E-state index in [1.54, 1.807) is 29.8 Å². The lowest BCUT2D eigenvalue weighted by Gasteiger charge is -2.32. The van der Waals surface area contributed by atoms with Gasteiger partial charge in [0.2, 0.25) is 0 Å². The van der Waals surface area contributed by atoms with Crippen molar-refractivity contribution >= 4 is 44.7 Å². The number of hydrogen-bond donors (Lipinski definition) is 1. The van der Waals surface area contributed by atoms with Gasteiger partial charge in [-0.15, -0.1) is 11.3 Å². The first kappa shape index (κ1) is 21.9. The third-order valence-electron chi connectivity index (χ3n) is 6.71. The molecule has 4 aromatic rings. The Kier molecular flexibility index (Phi) is 5.73. The summed E-state index contributed by atoms with van der Waals surface area (Å²) in [6, 6.07) is 4.59. The van der Waals surface area contributed by atoms with Gasteiger partial charge < -0.3 is 10.2 Å². The van der Waals surface area contributed by atoms with Gasteiger partial charge in [0.1, 0.15) is 22.8 Å². The summed E-state index contributed by atoms with van der Waals surface area (Å²) in [4.78, 5) is 16.1. The van der Waals surface area contributed by atoms with Gasteiger partial charge in [0, 0.05) is 55.0 Å². The van der Waals surface area contributed by atoms with Crippen molar-refractivity contribution in [3.8, 4) is 10.4 Å². The molecule has 0 atom stereocenters. The molecule has 10 heteroatoms. The molecule has 0 saturated carbocycles. The molecular formula is C24H25ClFN7S. The van der Waals surface area contributed by atoms with Crippen molar-refractivity contribution in [1.29, 1.82) is 0 Å². The molecule has 4 heterocycles. The fourth-order valence-electron chi connectivity index (χ4n) is 4.76. The minimum atomic E-state index is -0.440. The summed E-state index contributed by atoms with van der Waals surface area (Å²) >= 11 is 7.66. The molecule has 0 spiro atoms. The molecule has 0 radical (unpaired) electrons. The van der Waals surface area contributed by atoms with E-state index in [0.717, 1.165) is 73.8 Å². The summed E-state index contributed by atoms with van der Waals surface area (Å²) in [6.07, 6.45) is 5.55. The van der Waals surface area contributed by atoms with Crippen molar-refractivity contribution < 1.29 is 4.39 Å². The molecule has 1 aromatic carbocycles. The molecule has 1 fully saturated rings. The number of fused-ring (bicyclic) bond motifs is 5. The molecule has 1 saturated heterocycles. The number of likely N-dealkylation sites (N-methyl/N-ethyl adjacent to an activating group) is 1. The molecule has 6 rings (SSSR count). The summed E-state index contributed by atoms with van der Waals surface area (Å²) < 4.78 is 15.7. The van der Waals surface area contributed by atoms with E-state index < -0.39 is 5.82 Å². The normalized spacial score (nSPS) is 16.6. The lowest BCUT2D eigenvalue weighted by atomic mass is 9.95. The van der Waals surface area contributed by atoms with Crippen LogP contribution < -0.4 is 5.32 Å². The van der Waals surface area contributed by atoms with Crippen LogP contribution in [0.4, 0.5) is 15.9 Å². The van der Waals surface area contributed by atoms with Gasteiger partial charge in [-0.25, -0.2) is 14.4 Å². The molecule has 1 aliphatic heterocycles. The van der Waals surface area contributed by atoms with E-state index in [4.69, 9.17) is 16.7 Å². The Bertz CT molecular complexity index is 1360. The highest BCUT2D eigenvalue weighted by Crippen LogP contribution is 2.45. The van der Waals surface area contributed by atoms with Gasteiger partial charge in [-0.05, 0) is 43.7 Å². The average Bonchev–Trinajstić information content (AvgIpc) is 3.42. The Morgan fingerprint density at radius 3 is 2.79 bits per heavy atom. The molecule has 1 N–H and O–H groups in total. The minimum absolute atomic E-state index is 0.0799. The summed E-state index contributed by atoms with van der Waals surface area (Å²) in [5.74, 6) is 0.279. The van der Waals surface area contributed by atoms with Crippen molar-refractivity contribution in [2.75, 3.05) is 45.1 Å². The van der Waals surface area contributed by atoms with Crippen LogP contribution in [0.1, 0.15) is 11.3 Å². The molecule has 0 unspecified atom stereocenters. The quantitative estimate of drug-likeness (QED) is 0.440. The third kappa shape index (κ3) is 4.07. The van der Waals surface area contributed by atoms with E-state index in [2.05, 4.69) is 43.0 Å². The number of halogens is 2. The Labute approximate surface area is 206 Å². The molecule has 0 amide bonds. The number of aromatic nitrogens is 4. The fraction of sp³-hybridized carbons (Fsp3) is 0.375. The van der Waals surface area contributed by atoms with E-state index in [9.17, 15) is 4.39 Å². The van der Waals surface area contributed by atoms with E-state index in [0.29, 0.717) is 5.69 Å². The highest BCUT2D eigenvalue weighted by Gasteiger charge is 2.26. The smallest absolute Gasteiger partial charge is 0.142 e. The van der Waals surface area contributed by atoms with Crippen molar-refractivity contribution in [3.63, 3.8) is 0 Å². The van der Waals surface area contributed by atoms with Crippen LogP contribution in [0.15, 0.2) is 30.7 Å². The summed E-state index contributed by atoms with van der Waals surface area (Å²) in [5.41, 5.74) is 4.31. The second kappa shape index (κ2) is 8.88. The highest BCUT2D eigenvalue weighted by molar-refractivity contribution is 7.22. The van der Waals surface area contributed by atoms with Gasteiger partial charge in [0.05, 0.1) is 22.6 Å². The van der Waals surface area contributed by atoms with Gasteiger partial charge in [0.15, 0.2) is 0 Å². The fourth-order valence-corrected chi connectivity index (χ4v) is 6.16. The lowest BCUT2D eigenvalue weighted by Crippen LogP contribution is -2.45. The van der Waals surface area contributed by atoms with Crippen molar-refractivity contribution in [2.45, 2.75) is 19.4 Å². The second-order valence-corrected chi connectivity index (χ2v) is 10.4. The number of aryl methyl sites for hydroxylation is 2. The number of hydrogen-bond acceptors (Lipinski definition) is 7. The zero-order chi connectivity index (χ0) is 23.2. The monoisotopic (exact) mass is 497 g/mol. The Hall–Kier alpha value is -2.59. The van der Waals surface area contributed by atoms with E-state index in [-0.39, 0.29) is 5.02 Å². The number of anilines is 2. The molecule has 3 aromatic heterocycles. The van der Waals surface area contributed by atoms with Crippen molar-refractivity contribution in [1.82, 2.24) is 29.5 Å².